The van der Waals surface area contributed by atoms with Crippen molar-refractivity contribution in [2.75, 3.05) is 11.9 Å². The minimum absolute atomic E-state index is 0.0632. The molecule has 0 amide bonds. The van der Waals surface area contributed by atoms with Gasteiger partial charge in [-0.1, -0.05) is 13.0 Å². The van der Waals surface area contributed by atoms with Gasteiger partial charge in [0, 0.05) is 12.6 Å². The molecule has 0 aliphatic heterocycles. The molecule has 1 atom stereocenters. The zero-order valence-electron chi connectivity index (χ0n) is 9.59. The fraction of sp³-hybridized carbons (Fsp3) is 0.545. The average molecular weight is 247 g/mol. The van der Waals surface area contributed by atoms with Gasteiger partial charge in [-0.25, -0.2) is 4.98 Å². The van der Waals surface area contributed by atoms with Crippen LogP contribution in [0.15, 0.2) is 18.2 Å². The van der Waals surface area contributed by atoms with Crippen molar-refractivity contribution < 1.29 is 13.2 Å². The Morgan fingerprint density at radius 3 is 2.71 bits per heavy atom. The highest BCUT2D eigenvalue weighted by Gasteiger charge is 2.32. The number of nitrogens with two attached hydrogens (primary N) is 1. The molecule has 3 nitrogen and oxygen atoms in total. The summed E-state index contributed by atoms with van der Waals surface area (Å²) in [5.41, 5.74) is 4.81. The predicted octanol–water partition coefficient (Wildman–Crippen LogP) is 2.64. The summed E-state index contributed by atoms with van der Waals surface area (Å²) in [6.07, 6.45) is -2.86. The average Bonchev–Trinajstić information content (AvgIpc) is 2.28. The minimum Gasteiger partial charge on any atom is -0.370 e. The number of alkyl halides is 3. The summed E-state index contributed by atoms with van der Waals surface area (Å²) < 4.78 is 37.1. The third kappa shape index (κ3) is 4.60. The van der Waals surface area contributed by atoms with Crippen molar-refractivity contribution in [1.82, 2.24) is 4.98 Å². The van der Waals surface area contributed by atoms with Crippen molar-refractivity contribution in [2.24, 2.45) is 5.73 Å². The molecule has 1 unspecified atom stereocenters. The number of pyridine rings is 1. The van der Waals surface area contributed by atoms with Gasteiger partial charge in [0.1, 0.15) is 11.5 Å². The van der Waals surface area contributed by atoms with Gasteiger partial charge in [0.15, 0.2) is 0 Å². The van der Waals surface area contributed by atoms with Crippen molar-refractivity contribution in [1.29, 1.82) is 0 Å². The largest absolute Gasteiger partial charge is 0.433 e. The van der Waals surface area contributed by atoms with Crippen molar-refractivity contribution in [3.8, 4) is 0 Å². The van der Waals surface area contributed by atoms with E-state index in [1.165, 1.54) is 12.1 Å². The Kier molecular flexibility index (Phi) is 4.74. The Labute approximate surface area is 98.2 Å². The highest BCUT2D eigenvalue weighted by molar-refractivity contribution is 5.35. The molecular weight excluding hydrogens is 231 g/mol. The quantitative estimate of drug-likeness (QED) is 0.841. The smallest absolute Gasteiger partial charge is 0.370 e. The molecule has 0 aromatic carbocycles. The highest BCUT2D eigenvalue weighted by Crippen LogP contribution is 2.28. The fourth-order valence-corrected chi connectivity index (χ4v) is 1.28. The van der Waals surface area contributed by atoms with E-state index in [2.05, 4.69) is 10.3 Å². The first-order valence-corrected chi connectivity index (χ1v) is 5.47. The van der Waals surface area contributed by atoms with Gasteiger partial charge in [0.05, 0.1) is 0 Å². The summed E-state index contributed by atoms with van der Waals surface area (Å²) in [6.45, 7) is 2.48. The third-order valence-corrected chi connectivity index (χ3v) is 2.39. The van der Waals surface area contributed by atoms with Crippen LogP contribution in [0.3, 0.4) is 0 Å². The van der Waals surface area contributed by atoms with Crippen LogP contribution in [-0.4, -0.2) is 17.6 Å². The molecule has 1 heterocycles. The molecule has 6 heteroatoms. The molecule has 1 aromatic rings. The molecular formula is C11H16F3N3. The Morgan fingerprint density at radius 2 is 2.12 bits per heavy atom. The van der Waals surface area contributed by atoms with Gasteiger partial charge in [-0.05, 0) is 25.0 Å². The molecule has 0 aliphatic carbocycles. The van der Waals surface area contributed by atoms with Crippen molar-refractivity contribution in [3.63, 3.8) is 0 Å². The van der Waals surface area contributed by atoms with E-state index in [-0.39, 0.29) is 11.9 Å². The van der Waals surface area contributed by atoms with Gasteiger partial charge in [0.2, 0.25) is 0 Å². The van der Waals surface area contributed by atoms with E-state index >= 15 is 0 Å². The van der Waals surface area contributed by atoms with E-state index in [1.807, 2.05) is 6.92 Å². The molecule has 0 bridgehead atoms. The molecule has 3 N–H and O–H groups in total. The van der Waals surface area contributed by atoms with Crippen molar-refractivity contribution in [2.45, 2.75) is 32.0 Å². The van der Waals surface area contributed by atoms with Gasteiger partial charge in [-0.3, -0.25) is 0 Å². The molecule has 0 saturated heterocycles. The van der Waals surface area contributed by atoms with Gasteiger partial charge in [0.25, 0.3) is 0 Å². The molecule has 0 radical (unpaired) electrons. The maximum Gasteiger partial charge on any atom is 0.433 e. The van der Waals surface area contributed by atoms with Crippen LogP contribution >= 0.6 is 0 Å². The summed E-state index contributed by atoms with van der Waals surface area (Å²) in [7, 11) is 0. The Morgan fingerprint density at radius 1 is 1.41 bits per heavy atom. The molecule has 17 heavy (non-hydrogen) atoms. The lowest BCUT2D eigenvalue weighted by Crippen LogP contribution is -2.22. The lowest BCUT2D eigenvalue weighted by Gasteiger charge is -2.11. The Bertz CT molecular complexity index is 352. The first-order chi connectivity index (χ1) is 7.93. The summed E-state index contributed by atoms with van der Waals surface area (Å²) >= 11 is 0. The summed E-state index contributed by atoms with van der Waals surface area (Å²) in [4.78, 5) is 3.49. The Hall–Kier alpha value is -1.30. The fourth-order valence-electron chi connectivity index (χ4n) is 1.28. The minimum atomic E-state index is -4.41. The van der Waals surface area contributed by atoms with Crippen LogP contribution in [0.1, 0.15) is 25.5 Å². The van der Waals surface area contributed by atoms with Crippen LogP contribution < -0.4 is 11.1 Å². The monoisotopic (exact) mass is 247 g/mol. The number of halogens is 3. The predicted molar refractivity (Wildman–Crippen MR) is 60.6 cm³/mol. The number of nitrogens with one attached hydrogen (secondary N) is 1. The normalized spacial score (nSPS) is 13.5. The zero-order chi connectivity index (χ0) is 12.9. The molecule has 0 saturated carbocycles. The van der Waals surface area contributed by atoms with Gasteiger partial charge >= 0.3 is 6.18 Å². The van der Waals surface area contributed by atoms with Crippen LogP contribution in [-0.2, 0) is 6.18 Å². The van der Waals surface area contributed by atoms with E-state index in [4.69, 9.17) is 5.73 Å². The first kappa shape index (κ1) is 13.8. The number of rotatable bonds is 5. The standard InChI is InChI=1S/C11H16F3N3/c1-2-8(15)6-7-16-10-5-3-4-9(17-10)11(12,13)14/h3-5,8H,2,6-7,15H2,1H3,(H,16,17). The van der Waals surface area contributed by atoms with Gasteiger partial charge in [-0.15, -0.1) is 0 Å². The first-order valence-electron chi connectivity index (χ1n) is 5.47. The van der Waals surface area contributed by atoms with Crippen molar-refractivity contribution >= 4 is 5.82 Å². The Balaban J connectivity index is 2.55. The lowest BCUT2D eigenvalue weighted by atomic mass is 10.2. The molecule has 96 valence electrons. The van der Waals surface area contributed by atoms with E-state index in [0.717, 1.165) is 12.5 Å². The molecule has 0 spiro atoms. The number of anilines is 1. The molecule has 0 aliphatic rings. The van der Waals surface area contributed by atoms with Crippen LogP contribution in [0, 0.1) is 0 Å². The maximum absolute atomic E-state index is 12.4. The van der Waals surface area contributed by atoms with Crippen LogP contribution in [0.4, 0.5) is 19.0 Å². The van der Waals surface area contributed by atoms with E-state index in [1.54, 1.807) is 0 Å². The second-order valence-corrected chi connectivity index (χ2v) is 3.79. The summed E-state index contributed by atoms with van der Waals surface area (Å²) in [5, 5.41) is 2.83. The molecule has 1 aromatic heterocycles. The third-order valence-electron chi connectivity index (χ3n) is 2.39. The van der Waals surface area contributed by atoms with Crippen LogP contribution in [0.5, 0.6) is 0 Å². The van der Waals surface area contributed by atoms with Gasteiger partial charge < -0.3 is 11.1 Å². The van der Waals surface area contributed by atoms with Crippen molar-refractivity contribution in [3.05, 3.63) is 23.9 Å². The maximum atomic E-state index is 12.4. The summed E-state index contributed by atoms with van der Waals surface area (Å²) in [6, 6.07) is 3.85. The lowest BCUT2D eigenvalue weighted by molar-refractivity contribution is -0.141. The van der Waals surface area contributed by atoms with Crippen LogP contribution in [0.25, 0.3) is 0 Å². The molecule has 1 rings (SSSR count). The van der Waals surface area contributed by atoms with Gasteiger partial charge in [-0.2, -0.15) is 13.2 Å². The number of nitrogens with zero attached hydrogens (tertiary/aromatic N) is 1. The number of hydrogen-bond donors (Lipinski definition) is 2. The number of aromatic nitrogens is 1. The van der Waals surface area contributed by atoms with E-state index in [0.29, 0.717) is 13.0 Å². The van der Waals surface area contributed by atoms with E-state index < -0.39 is 11.9 Å². The second-order valence-electron chi connectivity index (χ2n) is 3.79. The summed E-state index contributed by atoms with van der Waals surface area (Å²) in [5.74, 6) is 0.225. The molecule has 0 fully saturated rings. The topological polar surface area (TPSA) is 50.9 Å². The SMILES string of the molecule is CCC(N)CCNc1cccc(C(F)(F)F)n1. The van der Waals surface area contributed by atoms with E-state index in [9.17, 15) is 13.2 Å². The second kappa shape index (κ2) is 5.86. The number of hydrogen-bond acceptors (Lipinski definition) is 3. The van der Waals surface area contributed by atoms with Crippen LogP contribution in [0.2, 0.25) is 0 Å². The zero-order valence-corrected chi connectivity index (χ0v) is 9.59. The highest BCUT2D eigenvalue weighted by atomic mass is 19.4.